The van der Waals surface area contributed by atoms with Crippen LogP contribution in [0.3, 0.4) is 0 Å². The molecule has 1 atom stereocenters. The second-order valence-corrected chi connectivity index (χ2v) is 6.44. The molecule has 1 aromatic carbocycles. The van der Waals surface area contributed by atoms with Gasteiger partial charge in [0.25, 0.3) is 5.88 Å². The fourth-order valence-corrected chi connectivity index (χ4v) is 3.11. The molecule has 8 nitrogen and oxygen atoms in total. The minimum absolute atomic E-state index is 0.104. The van der Waals surface area contributed by atoms with Gasteiger partial charge in [-0.1, -0.05) is 6.07 Å². The maximum atomic E-state index is 12.6. The van der Waals surface area contributed by atoms with E-state index in [4.69, 9.17) is 19.5 Å². The van der Waals surface area contributed by atoms with E-state index in [0.717, 1.165) is 18.4 Å². The second-order valence-electron chi connectivity index (χ2n) is 6.44. The van der Waals surface area contributed by atoms with Gasteiger partial charge in [0, 0.05) is 25.0 Å². The van der Waals surface area contributed by atoms with Crippen molar-refractivity contribution in [1.82, 2.24) is 14.9 Å². The molecule has 1 unspecified atom stereocenters. The van der Waals surface area contributed by atoms with Crippen LogP contribution < -0.4 is 14.2 Å². The number of carbonyl (C=O) groups is 1. The summed E-state index contributed by atoms with van der Waals surface area (Å²) in [7, 11) is 3.14. The molecule has 1 fully saturated rings. The molecule has 0 saturated carbocycles. The Labute approximate surface area is 169 Å². The summed E-state index contributed by atoms with van der Waals surface area (Å²) >= 11 is 0. The third kappa shape index (κ3) is 5.02. The molecule has 1 saturated heterocycles. The number of amides is 1. The molecule has 1 aliphatic heterocycles. The number of rotatable bonds is 6. The number of ether oxygens (including phenoxy) is 3. The Morgan fingerprint density at radius 2 is 2.03 bits per heavy atom. The molecule has 2 aromatic rings. The molecule has 150 valence electrons. The highest BCUT2D eigenvalue weighted by Gasteiger charge is 2.25. The van der Waals surface area contributed by atoms with Crippen molar-refractivity contribution in [1.29, 1.82) is 5.26 Å². The molecule has 3 rings (SSSR count). The summed E-state index contributed by atoms with van der Waals surface area (Å²) in [6.07, 6.45) is 7.56. The van der Waals surface area contributed by atoms with E-state index in [9.17, 15) is 4.79 Å². The molecule has 29 heavy (non-hydrogen) atoms. The molecule has 1 aromatic heterocycles. The molecule has 0 N–H and O–H groups in total. The van der Waals surface area contributed by atoms with Crippen LogP contribution in [0, 0.1) is 11.3 Å². The predicted molar refractivity (Wildman–Crippen MR) is 106 cm³/mol. The summed E-state index contributed by atoms with van der Waals surface area (Å²) in [4.78, 5) is 22.4. The number of methoxy groups -OCH3 is 2. The van der Waals surface area contributed by atoms with Crippen molar-refractivity contribution in [2.75, 3.05) is 27.3 Å². The van der Waals surface area contributed by atoms with Gasteiger partial charge in [0.2, 0.25) is 11.6 Å². The van der Waals surface area contributed by atoms with E-state index >= 15 is 0 Å². The van der Waals surface area contributed by atoms with Crippen LogP contribution in [0.25, 0.3) is 6.08 Å². The SMILES string of the molecule is COc1ccc(C=CC(=O)N2CCCC(Oc3nccnc3C#N)C2)cc1OC. The zero-order valence-corrected chi connectivity index (χ0v) is 16.4. The van der Waals surface area contributed by atoms with Crippen LogP contribution in [0.1, 0.15) is 24.1 Å². The predicted octanol–water partition coefficient (Wildman–Crippen LogP) is 2.45. The van der Waals surface area contributed by atoms with Crippen LogP contribution in [0.4, 0.5) is 0 Å². The third-order valence-corrected chi connectivity index (χ3v) is 4.56. The summed E-state index contributed by atoms with van der Waals surface area (Å²) in [5.74, 6) is 1.33. The topological polar surface area (TPSA) is 97.6 Å². The molecule has 1 amide bonds. The minimum atomic E-state index is -0.231. The standard InChI is InChI=1S/C21H22N4O4/c1-27-18-7-5-15(12-19(18)28-2)6-8-20(26)25-11-3-4-16(14-25)29-21-17(13-22)23-9-10-24-21/h5-10,12,16H,3-4,11,14H2,1-2H3. The Kier molecular flexibility index (Phi) is 6.63. The smallest absolute Gasteiger partial charge is 0.251 e. The normalized spacial score (nSPS) is 16.3. The highest BCUT2D eigenvalue weighted by molar-refractivity contribution is 5.92. The number of benzene rings is 1. The van der Waals surface area contributed by atoms with E-state index in [0.29, 0.717) is 24.6 Å². The first-order chi connectivity index (χ1) is 14.1. The first kappa shape index (κ1) is 20.1. The molecule has 0 radical (unpaired) electrons. The van der Waals surface area contributed by atoms with E-state index in [2.05, 4.69) is 9.97 Å². The van der Waals surface area contributed by atoms with E-state index in [-0.39, 0.29) is 23.6 Å². The van der Waals surface area contributed by atoms with E-state index in [1.165, 1.54) is 18.5 Å². The van der Waals surface area contributed by atoms with Crippen molar-refractivity contribution in [2.45, 2.75) is 18.9 Å². The average Bonchev–Trinajstić information content (AvgIpc) is 2.77. The van der Waals surface area contributed by atoms with Gasteiger partial charge in [0.05, 0.1) is 20.8 Å². The lowest BCUT2D eigenvalue weighted by Gasteiger charge is -2.32. The summed E-state index contributed by atoms with van der Waals surface area (Å²) in [6.45, 7) is 1.08. The minimum Gasteiger partial charge on any atom is -0.493 e. The maximum Gasteiger partial charge on any atom is 0.251 e. The quantitative estimate of drug-likeness (QED) is 0.694. The van der Waals surface area contributed by atoms with Crippen molar-refractivity contribution >= 4 is 12.0 Å². The highest BCUT2D eigenvalue weighted by Crippen LogP contribution is 2.28. The third-order valence-electron chi connectivity index (χ3n) is 4.56. The largest absolute Gasteiger partial charge is 0.493 e. The number of nitriles is 1. The number of hydrogen-bond acceptors (Lipinski definition) is 7. The zero-order valence-electron chi connectivity index (χ0n) is 16.4. The monoisotopic (exact) mass is 394 g/mol. The fourth-order valence-electron chi connectivity index (χ4n) is 3.11. The van der Waals surface area contributed by atoms with Crippen molar-refractivity contribution in [3.63, 3.8) is 0 Å². The van der Waals surface area contributed by atoms with Crippen LogP contribution in [0.5, 0.6) is 17.4 Å². The number of piperidine rings is 1. The van der Waals surface area contributed by atoms with Gasteiger partial charge in [-0.3, -0.25) is 4.79 Å². The van der Waals surface area contributed by atoms with Crippen molar-refractivity contribution in [2.24, 2.45) is 0 Å². The first-order valence-electron chi connectivity index (χ1n) is 9.21. The van der Waals surface area contributed by atoms with Gasteiger partial charge in [0.15, 0.2) is 11.5 Å². The summed E-state index contributed by atoms with van der Waals surface area (Å²) in [5, 5.41) is 9.11. The Hall–Kier alpha value is -3.60. The lowest BCUT2D eigenvalue weighted by Crippen LogP contribution is -2.43. The average molecular weight is 394 g/mol. The highest BCUT2D eigenvalue weighted by atomic mass is 16.5. The Bertz CT molecular complexity index is 939. The van der Waals surface area contributed by atoms with Crippen LogP contribution in [0.15, 0.2) is 36.7 Å². The summed E-state index contributed by atoms with van der Waals surface area (Å²) < 4.78 is 16.3. The summed E-state index contributed by atoms with van der Waals surface area (Å²) in [5.41, 5.74) is 0.975. The first-order valence-corrected chi connectivity index (χ1v) is 9.21. The number of hydrogen-bond donors (Lipinski definition) is 0. The van der Waals surface area contributed by atoms with E-state index < -0.39 is 0 Å². The van der Waals surface area contributed by atoms with Gasteiger partial charge >= 0.3 is 0 Å². The molecule has 1 aliphatic rings. The van der Waals surface area contributed by atoms with Crippen LogP contribution in [-0.2, 0) is 4.79 Å². The van der Waals surface area contributed by atoms with Gasteiger partial charge in [-0.05, 0) is 36.6 Å². The van der Waals surface area contributed by atoms with Crippen molar-refractivity contribution in [3.05, 3.63) is 47.9 Å². The molecule has 0 spiro atoms. The fraction of sp³-hybridized carbons (Fsp3) is 0.333. The van der Waals surface area contributed by atoms with Gasteiger partial charge < -0.3 is 19.1 Å². The Morgan fingerprint density at radius 1 is 1.24 bits per heavy atom. The maximum absolute atomic E-state index is 12.6. The zero-order chi connectivity index (χ0) is 20.6. The van der Waals surface area contributed by atoms with Gasteiger partial charge in [-0.2, -0.15) is 5.26 Å². The van der Waals surface area contributed by atoms with Crippen LogP contribution >= 0.6 is 0 Å². The molecular weight excluding hydrogens is 372 g/mol. The molecule has 8 heteroatoms. The lowest BCUT2D eigenvalue weighted by molar-refractivity contribution is -0.128. The lowest BCUT2D eigenvalue weighted by atomic mass is 10.1. The molecule has 0 bridgehead atoms. The number of nitrogens with zero attached hydrogens (tertiary/aromatic N) is 4. The van der Waals surface area contributed by atoms with E-state index in [1.54, 1.807) is 31.3 Å². The molecule has 2 heterocycles. The molecular formula is C21H22N4O4. The molecule has 0 aliphatic carbocycles. The van der Waals surface area contributed by atoms with E-state index in [1.807, 2.05) is 18.2 Å². The van der Waals surface area contributed by atoms with Gasteiger partial charge in [0.1, 0.15) is 12.2 Å². The van der Waals surface area contributed by atoms with Crippen molar-refractivity contribution < 1.29 is 19.0 Å². The van der Waals surface area contributed by atoms with Crippen LogP contribution in [0.2, 0.25) is 0 Å². The van der Waals surface area contributed by atoms with Crippen molar-refractivity contribution in [3.8, 4) is 23.4 Å². The van der Waals surface area contributed by atoms with Crippen LogP contribution in [-0.4, -0.2) is 54.2 Å². The number of likely N-dealkylation sites (tertiary alicyclic amines) is 1. The van der Waals surface area contributed by atoms with Gasteiger partial charge in [-0.25, -0.2) is 9.97 Å². The Balaban J connectivity index is 1.64. The number of carbonyl (C=O) groups excluding carboxylic acids is 1. The Morgan fingerprint density at radius 3 is 2.79 bits per heavy atom. The van der Waals surface area contributed by atoms with Gasteiger partial charge in [-0.15, -0.1) is 0 Å². The number of aromatic nitrogens is 2. The second kappa shape index (κ2) is 9.55. The summed E-state index contributed by atoms with van der Waals surface area (Å²) in [6, 6.07) is 7.42.